The Labute approximate surface area is 439 Å². The second-order valence-corrected chi connectivity index (χ2v) is 16.6. The molecule has 0 spiro atoms. The van der Waals surface area contributed by atoms with Crippen LogP contribution in [0.25, 0.3) is 0 Å². The van der Waals surface area contributed by atoms with Gasteiger partial charge in [0.1, 0.15) is 0 Å². The molecular formula is C46H64Cl4N20O2. The number of aliphatic carboxylic acids is 1. The second kappa shape index (κ2) is 35.6. The molecule has 0 aliphatic rings. The molecule has 4 aromatic rings. The van der Waals surface area contributed by atoms with Crippen molar-refractivity contribution in [2.24, 2.45) is 85.8 Å². The summed E-state index contributed by atoms with van der Waals surface area (Å²) in [5, 5.41) is 21.6. The van der Waals surface area contributed by atoms with E-state index in [0.29, 0.717) is 46.3 Å². The summed E-state index contributed by atoms with van der Waals surface area (Å²) in [5.41, 5.74) is 49.5. The van der Waals surface area contributed by atoms with Crippen LogP contribution in [0.5, 0.6) is 0 Å². The number of guanidine groups is 8. The Morgan fingerprint density at radius 3 is 0.708 bits per heavy atom. The van der Waals surface area contributed by atoms with E-state index in [9.17, 15) is 0 Å². The molecule has 0 amide bonds. The van der Waals surface area contributed by atoms with Crippen molar-refractivity contribution < 1.29 is 9.90 Å². The number of unbranched alkanes of at least 4 members (excludes halogenated alkanes) is 6. The van der Waals surface area contributed by atoms with Crippen LogP contribution in [0.2, 0.25) is 20.1 Å². The molecule has 0 fully saturated rings. The fourth-order valence-electron chi connectivity index (χ4n) is 5.40. The van der Waals surface area contributed by atoms with E-state index in [1.54, 1.807) is 97.1 Å². The zero-order valence-electron chi connectivity index (χ0n) is 39.8. The zero-order valence-corrected chi connectivity index (χ0v) is 42.8. The standard InChI is InChI=1S/2C22H30Cl2N10.C2H4O2/c2*23-15-5-9-17(10-6-15)31-21(27)33-19(25)29-13-3-1-2-4-14-30-20(26)34-22(28)32-18-11-7-16(24)8-12-18;1-2(3)4/h2*5-12H,1-4,13-14H2,(H5,25,27,29,31,33)(H5,26,28,30,32,34);1H3,(H,3,4). The summed E-state index contributed by atoms with van der Waals surface area (Å²) in [4.78, 5) is 42.0. The fraction of sp³-hybridized carbons (Fsp3) is 0.283. The molecule has 0 heterocycles. The van der Waals surface area contributed by atoms with E-state index in [2.05, 4.69) is 61.2 Å². The lowest BCUT2D eigenvalue weighted by molar-refractivity contribution is -0.134. The number of nitrogens with two attached hydrogens (primary N) is 8. The Hall–Kier alpha value is -7.53. The number of rotatable bonds is 18. The van der Waals surface area contributed by atoms with E-state index in [1.807, 2.05) is 0 Å². The molecule has 26 heteroatoms. The van der Waals surface area contributed by atoms with Crippen molar-refractivity contribution >= 4 is 123 Å². The first-order chi connectivity index (χ1) is 34.4. The van der Waals surface area contributed by atoms with Gasteiger partial charge in [0.15, 0.2) is 0 Å². The first-order valence-electron chi connectivity index (χ1n) is 22.2. The van der Waals surface area contributed by atoms with Gasteiger partial charge < -0.3 is 72.2 Å². The van der Waals surface area contributed by atoms with Crippen LogP contribution in [-0.4, -0.2) is 84.9 Å². The number of benzene rings is 4. The number of carboxylic acids is 1. The fourth-order valence-corrected chi connectivity index (χ4v) is 5.90. The molecule has 4 aromatic carbocycles. The number of anilines is 4. The molecule has 0 unspecified atom stereocenters. The third-order valence-electron chi connectivity index (χ3n) is 8.63. The van der Waals surface area contributed by atoms with Crippen LogP contribution in [0, 0.1) is 0 Å². The van der Waals surface area contributed by atoms with Crippen LogP contribution in [0.4, 0.5) is 22.7 Å². The molecule has 72 heavy (non-hydrogen) atoms. The number of aliphatic imine (C=N–C) groups is 8. The highest BCUT2D eigenvalue weighted by Gasteiger charge is 2.02. The van der Waals surface area contributed by atoms with Crippen molar-refractivity contribution in [2.75, 3.05) is 47.4 Å². The summed E-state index contributed by atoms with van der Waals surface area (Å²) < 4.78 is 0. The third-order valence-corrected chi connectivity index (χ3v) is 9.64. The van der Waals surface area contributed by atoms with Crippen molar-refractivity contribution in [1.82, 2.24) is 0 Å². The molecule has 0 radical (unpaired) electrons. The van der Waals surface area contributed by atoms with E-state index in [0.717, 1.165) is 81.0 Å². The van der Waals surface area contributed by atoms with Crippen LogP contribution < -0.4 is 67.1 Å². The lowest BCUT2D eigenvalue weighted by Crippen LogP contribution is -2.26. The summed E-state index contributed by atoms with van der Waals surface area (Å²) in [6, 6.07) is 28.3. The number of hydrogen-bond acceptors (Lipinski definition) is 5. The molecule has 0 bridgehead atoms. The topological polar surface area (TPSA) is 392 Å². The number of nitrogens with one attached hydrogen (secondary N) is 4. The minimum atomic E-state index is -0.833. The van der Waals surface area contributed by atoms with Gasteiger partial charge in [-0.3, -0.25) is 24.8 Å². The highest BCUT2D eigenvalue weighted by molar-refractivity contribution is 6.31. The first-order valence-corrected chi connectivity index (χ1v) is 23.7. The average Bonchev–Trinajstić information content (AvgIpc) is 3.31. The van der Waals surface area contributed by atoms with Crippen molar-refractivity contribution in [3.05, 3.63) is 117 Å². The Morgan fingerprint density at radius 2 is 0.542 bits per heavy atom. The quantitative estimate of drug-likeness (QED) is 0.0278. The van der Waals surface area contributed by atoms with E-state index in [1.165, 1.54) is 0 Å². The van der Waals surface area contributed by atoms with E-state index < -0.39 is 5.97 Å². The number of hydrogen-bond donors (Lipinski definition) is 13. The Bertz CT molecular complexity index is 2140. The van der Waals surface area contributed by atoms with Gasteiger partial charge in [0, 0.05) is 75.9 Å². The van der Waals surface area contributed by atoms with Gasteiger partial charge in [-0.15, -0.1) is 0 Å². The summed E-state index contributed by atoms with van der Waals surface area (Å²) >= 11 is 23.4. The minimum absolute atomic E-state index is 0.124. The van der Waals surface area contributed by atoms with Crippen LogP contribution in [-0.2, 0) is 4.79 Å². The Kier molecular flexibility index (Phi) is 29.9. The molecule has 0 saturated heterocycles. The van der Waals surface area contributed by atoms with Gasteiger partial charge in [-0.25, -0.2) is 0 Å². The van der Waals surface area contributed by atoms with Crippen LogP contribution in [0.1, 0.15) is 58.3 Å². The molecule has 0 aliphatic heterocycles. The van der Waals surface area contributed by atoms with Crippen molar-refractivity contribution in [2.45, 2.75) is 58.3 Å². The van der Waals surface area contributed by atoms with Gasteiger partial charge in [0.25, 0.3) is 5.97 Å². The highest BCUT2D eigenvalue weighted by Crippen LogP contribution is 2.16. The van der Waals surface area contributed by atoms with Crippen molar-refractivity contribution in [1.29, 1.82) is 0 Å². The number of halogens is 4. The SMILES string of the molecule is CC(=O)O.NC(=NCCCCCCN=C(N)N=C(N)Nc1ccc(Cl)cc1)N=C(N)Nc1ccc(Cl)cc1.NC(=NCCCCCCN=C(N)N=C(N)Nc1ccc(Cl)cc1)N=C(N)Nc1ccc(Cl)cc1. The average molecular weight is 1070 g/mol. The molecular weight excluding hydrogens is 1010 g/mol. The lowest BCUT2D eigenvalue weighted by atomic mass is 10.2. The predicted octanol–water partition coefficient (Wildman–Crippen LogP) is 6.76. The van der Waals surface area contributed by atoms with Crippen LogP contribution >= 0.6 is 46.4 Å². The Balaban J connectivity index is 0.000000459. The normalized spacial score (nSPS) is 12.7. The van der Waals surface area contributed by atoms with Gasteiger partial charge in [-0.05, 0) is 123 Å². The lowest BCUT2D eigenvalue weighted by Gasteiger charge is -2.05. The van der Waals surface area contributed by atoms with Crippen molar-refractivity contribution in [3.63, 3.8) is 0 Å². The third kappa shape index (κ3) is 31.6. The molecule has 0 aliphatic carbocycles. The van der Waals surface area contributed by atoms with E-state index >= 15 is 0 Å². The second-order valence-electron chi connectivity index (χ2n) is 14.8. The molecule has 21 N–H and O–H groups in total. The maximum Gasteiger partial charge on any atom is 0.300 e. The maximum atomic E-state index is 9.00. The van der Waals surface area contributed by atoms with Gasteiger partial charge in [0.2, 0.25) is 47.7 Å². The number of carboxylic acid groups (broad SMARTS) is 1. The summed E-state index contributed by atoms with van der Waals surface area (Å²) in [7, 11) is 0. The van der Waals surface area contributed by atoms with Crippen LogP contribution in [0.15, 0.2) is 137 Å². The Morgan fingerprint density at radius 1 is 0.375 bits per heavy atom. The van der Waals surface area contributed by atoms with Crippen LogP contribution in [0.3, 0.4) is 0 Å². The molecule has 0 aromatic heterocycles. The molecule has 0 atom stereocenters. The van der Waals surface area contributed by atoms with Gasteiger partial charge in [-0.1, -0.05) is 72.1 Å². The smallest absolute Gasteiger partial charge is 0.300 e. The number of nitrogens with zero attached hydrogens (tertiary/aromatic N) is 8. The molecule has 4 rings (SSSR count). The summed E-state index contributed by atoms with van der Waals surface area (Å²) in [6.45, 7) is 3.33. The molecule has 388 valence electrons. The van der Waals surface area contributed by atoms with Gasteiger partial charge in [-0.2, -0.15) is 20.0 Å². The van der Waals surface area contributed by atoms with Crippen molar-refractivity contribution in [3.8, 4) is 0 Å². The zero-order chi connectivity index (χ0) is 53.1. The maximum absolute atomic E-state index is 9.00. The van der Waals surface area contributed by atoms with E-state index in [4.69, 9.17) is 102 Å². The largest absolute Gasteiger partial charge is 0.481 e. The summed E-state index contributed by atoms with van der Waals surface area (Å²) in [6.07, 6.45) is 7.37. The van der Waals surface area contributed by atoms with Gasteiger partial charge >= 0.3 is 0 Å². The first kappa shape index (κ1) is 60.6. The molecule has 0 saturated carbocycles. The minimum Gasteiger partial charge on any atom is -0.481 e. The number of carbonyl (C=O) groups is 1. The summed E-state index contributed by atoms with van der Waals surface area (Å²) in [5.74, 6) is 0.295. The predicted molar refractivity (Wildman–Crippen MR) is 303 cm³/mol. The molecule has 22 nitrogen and oxygen atoms in total. The van der Waals surface area contributed by atoms with Gasteiger partial charge in [0.05, 0.1) is 0 Å². The highest BCUT2D eigenvalue weighted by atomic mass is 35.5. The van der Waals surface area contributed by atoms with E-state index in [-0.39, 0.29) is 47.7 Å². The monoisotopic (exact) mass is 1070 g/mol.